The van der Waals surface area contributed by atoms with E-state index in [9.17, 15) is 4.79 Å². The van der Waals surface area contributed by atoms with E-state index in [0.29, 0.717) is 23.9 Å². The highest BCUT2D eigenvalue weighted by Crippen LogP contribution is 2.41. The third-order valence-electron chi connectivity index (χ3n) is 4.49. The number of carbonyl (C=O) groups is 1. The summed E-state index contributed by atoms with van der Waals surface area (Å²) in [5.74, 6) is 1.37. The van der Waals surface area contributed by atoms with Gasteiger partial charge >= 0.3 is 0 Å². The lowest BCUT2D eigenvalue weighted by Crippen LogP contribution is -2.24. The zero-order valence-corrected chi connectivity index (χ0v) is 15.0. The van der Waals surface area contributed by atoms with Crippen LogP contribution in [0.5, 0.6) is 5.75 Å². The summed E-state index contributed by atoms with van der Waals surface area (Å²) >= 11 is 5.98. The number of amides is 1. The number of nitrogens with one attached hydrogen (secondary N) is 1. The van der Waals surface area contributed by atoms with Crippen molar-refractivity contribution in [1.29, 1.82) is 0 Å². The highest BCUT2D eigenvalue weighted by molar-refractivity contribution is 6.30. The highest BCUT2D eigenvalue weighted by Gasteiger charge is 2.31. The van der Waals surface area contributed by atoms with Gasteiger partial charge in [0.2, 0.25) is 5.91 Å². The first kappa shape index (κ1) is 16.7. The number of halogens is 1. The van der Waals surface area contributed by atoms with Gasteiger partial charge in [-0.15, -0.1) is 0 Å². The summed E-state index contributed by atoms with van der Waals surface area (Å²) in [6.07, 6.45) is 2.18. The summed E-state index contributed by atoms with van der Waals surface area (Å²) in [5.41, 5.74) is 2.82. The van der Waals surface area contributed by atoms with Gasteiger partial charge in [-0.3, -0.25) is 4.79 Å². The first-order chi connectivity index (χ1) is 12.7. The summed E-state index contributed by atoms with van der Waals surface area (Å²) in [6.45, 7) is 2.53. The Labute approximate surface area is 156 Å². The van der Waals surface area contributed by atoms with Gasteiger partial charge in [-0.1, -0.05) is 29.8 Å². The van der Waals surface area contributed by atoms with Crippen LogP contribution in [0.3, 0.4) is 0 Å². The number of hydrogen-bond donors (Lipinski definition) is 1. The van der Waals surface area contributed by atoms with E-state index in [1.807, 2.05) is 49.5 Å². The molecule has 3 aromatic rings. The van der Waals surface area contributed by atoms with Gasteiger partial charge in [-0.25, -0.2) is 4.68 Å². The summed E-state index contributed by atoms with van der Waals surface area (Å²) in [6, 6.07) is 15.2. The van der Waals surface area contributed by atoms with E-state index >= 15 is 0 Å². The van der Waals surface area contributed by atoms with Crippen molar-refractivity contribution in [3.63, 3.8) is 0 Å². The second-order valence-corrected chi connectivity index (χ2v) is 6.55. The average molecular weight is 368 g/mol. The van der Waals surface area contributed by atoms with Crippen LogP contribution in [0.2, 0.25) is 5.02 Å². The predicted molar refractivity (Wildman–Crippen MR) is 101 cm³/mol. The third kappa shape index (κ3) is 2.95. The third-order valence-corrected chi connectivity index (χ3v) is 4.74. The standard InChI is InChI=1S/C20H18ClN3O2/c1-2-26-18-6-4-3-5-15(18)16-11-19(25)23-20-17(16)12-22-24(20)14-9-7-13(21)8-10-14/h3-10,12,16H,2,11H2,1H3,(H,23,25)/t16-/m1/s1. The van der Waals surface area contributed by atoms with Crippen molar-refractivity contribution in [2.45, 2.75) is 19.3 Å². The lowest BCUT2D eigenvalue weighted by atomic mass is 9.87. The lowest BCUT2D eigenvalue weighted by molar-refractivity contribution is -0.116. The Bertz CT molecular complexity index is 950. The summed E-state index contributed by atoms with van der Waals surface area (Å²) < 4.78 is 7.51. The van der Waals surface area contributed by atoms with Gasteiger partial charge in [-0.05, 0) is 37.3 Å². The fourth-order valence-electron chi connectivity index (χ4n) is 3.33. The van der Waals surface area contributed by atoms with Gasteiger partial charge in [0.05, 0.1) is 18.5 Å². The number of ether oxygens (including phenoxy) is 1. The van der Waals surface area contributed by atoms with Crippen LogP contribution in [0.4, 0.5) is 5.82 Å². The van der Waals surface area contributed by atoms with Crippen molar-refractivity contribution < 1.29 is 9.53 Å². The minimum absolute atomic E-state index is 0.0375. The number of nitrogens with zero attached hydrogens (tertiary/aromatic N) is 2. The van der Waals surface area contributed by atoms with E-state index in [0.717, 1.165) is 22.6 Å². The molecule has 1 amide bonds. The molecule has 0 bridgehead atoms. The van der Waals surface area contributed by atoms with Crippen LogP contribution in [0, 0.1) is 0 Å². The van der Waals surface area contributed by atoms with Crippen LogP contribution < -0.4 is 10.1 Å². The minimum atomic E-state index is -0.0949. The van der Waals surface area contributed by atoms with Crippen LogP contribution in [0.25, 0.3) is 5.69 Å². The van der Waals surface area contributed by atoms with Crippen LogP contribution in [-0.4, -0.2) is 22.3 Å². The molecule has 26 heavy (non-hydrogen) atoms. The molecule has 1 atom stereocenters. The van der Waals surface area contributed by atoms with Crippen molar-refractivity contribution in [2.24, 2.45) is 0 Å². The largest absolute Gasteiger partial charge is 0.494 e. The normalized spacial score (nSPS) is 16.1. The topological polar surface area (TPSA) is 56.1 Å². The molecule has 1 aromatic heterocycles. The fourth-order valence-corrected chi connectivity index (χ4v) is 3.46. The van der Waals surface area contributed by atoms with E-state index in [1.54, 1.807) is 16.8 Å². The Kier molecular flexibility index (Phi) is 4.39. The quantitative estimate of drug-likeness (QED) is 0.743. The van der Waals surface area contributed by atoms with Gasteiger partial charge in [0.25, 0.3) is 0 Å². The molecule has 0 spiro atoms. The average Bonchev–Trinajstić information content (AvgIpc) is 3.06. The fraction of sp³-hybridized carbons (Fsp3) is 0.200. The molecule has 1 N–H and O–H groups in total. The van der Waals surface area contributed by atoms with Gasteiger partial charge < -0.3 is 10.1 Å². The number of benzene rings is 2. The molecule has 5 nitrogen and oxygen atoms in total. The van der Waals surface area contributed by atoms with Crippen molar-refractivity contribution in [1.82, 2.24) is 9.78 Å². The summed E-state index contributed by atoms with van der Waals surface area (Å²) in [7, 11) is 0. The van der Waals surface area contributed by atoms with E-state index in [-0.39, 0.29) is 11.8 Å². The molecule has 0 unspecified atom stereocenters. The number of para-hydroxylation sites is 1. The number of carbonyl (C=O) groups excluding carboxylic acids is 1. The molecule has 0 saturated heterocycles. The first-order valence-corrected chi connectivity index (χ1v) is 8.90. The van der Waals surface area contributed by atoms with Crippen LogP contribution in [0.1, 0.15) is 30.4 Å². The molecule has 2 aromatic carbocycles. The summed E-state index contributed by atoms with van der Waals surface area (Å²) in [4.78, 5) is 12.4. The molecule has 4 rings (SSSR count). The number of anilines is 1. The van der Waals surface area contributed by atoms with E-state index in [4.69, 9.17) is 16.3 Å². The Morgan fingerprint density at radius 2 is 1.96 bits per heavy atom. The van der Waals surface area contributed by atoms with Crippen molar-refractivity contribution in [3.8, 4) is 11.4 Å². The predicted octanol–water partition coefficient (Wildman–Crippen LogP) is 4.40. The van der Waals surface area contributed by atoms with E-state index < -0.39 is 0 Å². The van der Waals surface area contributed by atoms with E-state index in [2.05, 4.69) is 10.4 Å². The Hall–Kier alpha value is -2.79. The molecule has 0 radical (unpaired) electrons. The molecule has 0 aliphatic carbocycles. The molecule has 1 aliphatic rings. The monoisotopic (exact) mass is 367 g/mol. The summed E-state index contributed by atoms with van der Waals surface area (Å²) in [5, 5.41) is 8.12. The Morgan fingerprint density at radius 3 is 2.73 bits per heavy atom. The molecule has 1 aliphatic heterocycles. The van der Waals surface area contributed by atoms with Crippen LogP contribution in [0.15, 0.2) is 54.7 Å². The second-order valence-electron chi connectivity index (χ2n) is 6.11. The molecule has 6 heteroatoms. The number of fused-ring (bicyclic) bond motifs is 1. The SMILES string of the molecule is CCOc1ccccc1[C@H]1CC(=O)Nc2c1cnn2-c1ccc(Cl)cc1. The van der Waals surface area contributed by atoms with Gasteiger partial charge in [0, 0.05) is 28.5 Å². The van der Waals surface area contributed by atoms with Crippen LogP contribution >= 0.6 is 11.6 Å². The lowest BCUT2D eigenvalue weighted by Gasteiger charge is -2.25. The smallest absolute Gasteiger partial charge is 0.226 e. The van der Waals surface area contributed by atoms with E-state index in [1.165, 1.54) is 0 Å². The number of aromatic nitrogens is 2. The maximum absolute atomic E-state index is 12.4. The number of hydrogen-bond acceptors (Lipinski definition) is 3. The Balaban J connectivity index is 1.80. The van der Waals surface area contributed by atoms with Crippen molar-refractivity contribution >= 4 is 23.3 Å². The highest BCUT2D eigenvalue weighted by atomic mass is 35.5. The van der Waals surface area contributed by atoms with Gasteiger partial charge in [0.1, 0.15) is 11.6 Å². The van der Waals surface area contributed by atoms with Gasteiger partial charge in [-0.2, -0.15) is 5.10 Å². The zero-order chi connectivity index (χ0) is 18.1. The number of rotatable bonds is 4. The molecule has 0 fully saturated rings. The maximum Gasteiger partial charge on any atom is 0.226 e. The molecule has 132 valence electrons. The molecular formula is C20H18ClN3O2. The second kappa shape index (κ2) is 6.84. The van der Waals surface area contributed by atoms with Gasteiger partial charge in [0.15, 0.2) is 0 Å². The molecule has 2 heterocycles. The maximum atomic E-state index is 12.4. The molecular weight excluding hydrogens is 350 g/mol. The van der Waals surface area contributed by atoms with Crippen molar-refractivity contribution in [2.75, 3.05) is 11.9 Å². The van der Waals surface area contributed by atoms with Crippen molar-refractivity contribution in [3.05, 3.63) is 70.9 Å². The van der Waals surface area contributed by atoms with Crippen LogP contribution in [-0.2, 0) is 4.79 Å². The Morgan fingerprint density at radius 1 is 1.19 bits per heavy atom. The minimum Gasteiger partial charge on any atom is -0.494 e. The first-order valence-electron chi connectivity index (χ1n) is 8.52. The zero-order valence-electron chi connectivity index (χ0n) is 14.3. The molecule has 0 saturated carbocycles.